The molecule has 1 aliphatic heterocycles. The molecule has 7 heteroatoms. The quantitative estimate of drug-likeness (QED) is 0.688. The van der Waals surface area contributed by atoms with Crippen LogP contribution in [0.3, 0.4) is 0 Å². The summed E-state index contributed by atoms with van der Waals surface area (Å²) in [5.41, 5.74) is 0.314. The molecule has 1 aromatic heterocycles. The van der Waals surface area contributed by atoms with E-state index in [1.54, 1.807) is 30.5 Å². The number of hydrogen-bond acceptors (Lipinski definition) is 5. The van der Waals surface area contributed by atoms with Gasteiger partial charge in [0.2, 0.25) is 0 Å². The predicted molar refractivity (Wildman–Crippen MR) is 88.0 cm³/mol. The number of nitro groups is 1. The van der Waals surface area contributed by atoms with E-state index in [9.17, 15) is 20.0 Å². The summed E-state index contributed by atoms with van der Waals surface area (Å²) in [4.78, 5) is 29.2. The fourth-order valence-electron chi connectivity index (χ4n) is 4.39. The van der Waals surface area contributed by atoms with Gasteiger partial charge in [0.15, 0.2) is 0 Å². The van der Waals surface area contributed by atoms with Crippen LogP contribution in [0.5, 0.6) is 0 Å². The Morgan fingerprint density at radius 3 is 2.96 bits per heavy atom. The molecule has 24 heavy (non-hydrogen) atoms. The Labute approximate surface area is 138 Å². The standard InChI is InChI=1S/C17H17N3O4/c21-16(22)17-7-1-3-11(17)9-19(10-17)14-6-5-13-12(4-2-8-18-13)15(14)20(23)24/h2,4-6,8,11H,1,3,7,9-10H2,(H,21,22)/t11-,17+/m0/s1. The van der Waals surface area contributed by atoms with Gasteiger partial charge in [0, 0.05) is 19.3 Å². The van der Waals surface area contributed by atoms with E-state index in [4.69, 9.17) is 0 Å². The number of nitrogens with zero attached hydrogens (tertiary/aromatic N) is 3. The number of nitro benzene ring substituents is 1. The third-order valence-electron chi connectivity index (χ3n) is 5.56. The number of carboxylic acids is 1. The van der Waals surface area contributed by atoms with Gasteiger partial charge in [-0.25, -0.2) is 0 Å². The lowest BCUT2D eigenvalue weighted by Gasteiger charge is -2.24. The van der Waals surface area contributed by atoms with E-state index in [1.807, 2.05) is 4.90 Å². The van der Waals surface area contributed by atoms with Crippen LogP contribution >= 0.6 is 0 Å². The van der Waals surface area contributed by atoms with Gasteiger partial charge in [0.25, 0.3) is 0 Å². The van der Waals surface area contributed by atoms with Crippen LogP contribution in [0.25, 0.3) is 10.9 Å². The maximum Gasteiger partial charge on any atom is 0.311 e. The Morgan fingerprint density at radius 2 is 2.25 bits per heavy atom. The minimum absolute atomic E-state index is 0.0149. The van der Waals surface area contributed by atoms with E-state index >= 15 is 0 Å². The van der Waals surface area contributed by atoms with Gasteiger partial charge in [-0.05, 0) is 43.0 Å². The number of fused-ring (bicyclic) bond motifs is 2. The van der Waals surface area contributed by atoms with Gasteiger partial charge in [0.05, 0.1) is 21.2 Å². The maximum absolute atomic E-state index is 11.8. The summed E-state index contributed by atoms with van der Waals surface area (Å²) in [5, 5.41) is 21.9. The average molecular weight is 327 g/mol. The Bertz CT molecular complexity index is 853. The molecule has 0 radical (unpaired) electrons. The molecule has 0 unspecified atom stereocenters. The van der Waals surface area contributed by atoms with Crippen molar-refractivity contribution >= 4 is 28.2 Å². The third kappa shape index (κ3) is 1.97. The zero-order valence-corrected chi connectivity index (χ0v) is 13.0. The fraction of sp³-hybridized carbons (Fsp3) is 0.412. The summed E-state index contributed by atoms with van der Waals surface area (Å²) in [6.45, 7) is 0.887. The van der Waals surface area contributed by atoms with Gasteiger partial charge < -0.3 is 10.0 Å². The highest BCUT2D eigenvalue weighted by atomic mass is 16.6. The lowest BCUT2D eigenvalue weighted by atomic mass is 9.81. The molecule has 1 N–H and O–H groups in total. The molecule has 0 spiro atoms. The number of pyridine rings is 1. The second-order valence-corrected chi connectivity index (χ2v) is 6.69. The van der Waals surface area contributed by atoms with Crippen molar-refractivity contribution < 1.29 is 14.8 Å². The number of carboxylic acid groups (broad SMARTS) is 1. The first kappa shape index (κ1) is 14.9. The van der Waals surface area contributed by atoms with E-state index in [0.717, 1.165) is 12.8 Å². The van der Waals surface area contributed by atoms with Crippen molar-refractivity contribution in [3.8, 4) is 0 Å². The maximum atomic E-state index is 11.8. The Morgan fingerprint density at radius 1 is 1.42 bits per heavy atom. The molecule has 1 aromatic carbocycles. The number of hydrogen-bond donors (Lipinski definition) is 1. The van der Waals surface area contributed by atoms with Crippen LogP contribution < -0.4 is 4.90 Å². The van der Waals surface area contributed by atoms with Crippen LogP contribution in [0, 0.1) is 21.4 Å². The van der Waals surface area contributed by atoms with E-state index in [2.05, 4.69) is 4.98 Å². The van der Waals surface area contributed by atoms with Crippen LogP contribution in [-0.4, -0.2) is 34.1 Å². The molecule has 1 saturated carbocycles. The lowest BCUT2D eigenvalue weighted by Crippen LogP contribution is -2.35. The number of carbonyl (C=O) groups is 1. The summed E-state index contributed by atoms with van der Waals surface area (Å²) < 4.78 is 0. The van der Waals surface area contributed by atoms with E-state index in [0.29, 0.717) is 36.1 Å². The molecule has 1 saturated heterocycles. The van der Waals surface area contributed by atoms with Gasteiger partial charge in [-0.2, -0.15) is 0 Å². The van der Waals surface area contributed by atoms with Crippen LogP contribution in [0.2, 0.25) is 0 Å². The van der Waals surface area contributed by atoms with Crippen molar-refractivity contribution in [2.45, 2.75) is 19.3 Å². The molecular formula is C17H17N3O4. The summed E-state index contributed by atoms with van der Waals surface area (Å²) >= 11 is 0. The number of aromatic nitrogens is 1. The highest BCUT2D eigenvalue weighted by molar-refractivity contribution is 5.95. The van der Waals surface area contributed by atoms with Gasteiger partial charge >= 0.3 is 11.7 Å². The highest BCUT2D eigenvalue weighted by Gasteiger charge is 2.55. The molecule has 1 aliphatic carbocycles. The predicted octanol–water partition coefficient (Wildman–Crippen LogP) is 2.83. The van der Waals surface area contributed by atoms with Crippen molar-refractivity contribution in [3.63, 3.8) is 0 Å². The summed E-state index contributed by atoms with van der Waals surface area (Å²) in [6.07, 6.45) is 4.03. The SMILES string of the molecule is O=C(O)[C@@]12CCC[C@H]1CN(c1ccc3ncccc3c1[N+](=O)[O-])C2. The molecule has 0 amide bonds. The monoisotopic (exact) mass is 327 g/mol. The number of anilines is 1. The molecule has 4 rings (SSSR count). The van der Waals surface area contributed by atoms with Crippen LogP contribution in [0.15, 0.2) is 30.5 Å². The molecular weight excluding hydrogens is 310 g/mol. The smallest absolute Gasteiger partial charge is 0.311 e. The number of rotatable bonds is 3. The van der Waals surface area contributed by atoms with Gasteiger partial charge in [-0.3, -0.25) is 19.9 Å². The fourth-order valence-corrected chi connectivity index (χ4v) is 4.39. The molecule has 0 bridgehead atoms. The largest absolute Gasteiger partial charge is 0.481 e. The first-order chi connectivity index (χ1) is 11.5. The molecule has 7 nitrogen and oxygen atoms in total. The normalized spacial score (nSPS) is 25.8. The summed E-state index contributed by atoms with van der Waals surface area (Å²) in [7, 11) is 0. The average Bonchev–Trinajstić information content (AvgIpc) is 3.11. The van der Waals surface area contributed by atoms with Crippen molar-refractivity contribution in [1.82, 2.24) is 4.98 Å². The summed E-state index contributed by atoms with van der Waals surface area (Å²) in [5.74, 6) is -0.725. The second-order valence-electron chi connectivity index (χ2n) is 6.69. The van der Waals surface area contributed by atoms with Crippen LogP contribution in [0.1, 0.15) is 19.3 Å². The first-order valence-electron chi connectivity index (χ1n) is 8.03. The molecule has 2 heterocycles. The zero-order valence-electron chi connectivity index (χ0n) is 13.0. The minimum atomic E-state index is -0.780. The van der Waals surface area contributed by atoms with E-state index in [-0.39, 0.29) is 16.5 Å². The molecule has 2 aliphatic rings. The van der Waals surface area contributed by atoms with Gasteiger partial charge in [-0.1, -0.05) is 6.42 Å². The van der Waals surface area contributed by atoms with Gasteiger partial charge in [-0.15, -0.1) is 0 Å². The summed E-state index contributed by atoms with van der Waals surface area (Å²) in [6, 6.07) is 6.83. The van der Waals surface area contributed by atoms with Crippen LogP contribution in [0.4, 0.5) is 11.4 Å². The Balaban J connectivity index is 1.82. The lowest BCUT2D eigenvalue weighted by molar-refractivity contribution is -0.382. The van der Waals surface area contributed by atoms with Crippen molar-refractivity contribution in [1.29, 1.82) is 0 Å². The Hall–Kier alpha value is -2.70. The van der Waals surface area contributed by atoms with Crippen molar-refractivity contribution in [3.05, 3.63) is 40.6 Å². The number of benzene rings is 1. The Kier molecular flexibility index (Phi) is 3.19. The van der Waals surface area contributed by atoms with Crippen molar-refractivity contribution in [2.24, 2.45) is 11.3 Å². The first-order valence-corrected chi connectivity index (χ1v) is 8.03. The molecule has 124 valence electrons. The number of aliphatic carboxylic acids is 1. The van der Waals surface area contributed by atoms with Crippen molar-refractivity contribution in [2.75, 3.05) is 18.0 Å². The van der Waals surface area contributed by atoms with Crippen LogP contribution in [-0.2, 0) is 4.79 Å². The third-order valence-corrected chi connectivity index (χ3v) is 5.56. The van der Waals surface area contributed by atoms with E-state index in [1.165, 1.54) is 0 Å². The van der Waals surface area contributed by atoms with E-state index < -0.39 is 11.4 Å². The van der Waals surface area contributed by atoms with Gasteiger partial charge in [0.1, 0.15) is 5.69 Å². The zero-order chi connectivity index (χ0) is 16.9. The molecule has 2 fully saturated rings. The topological polar surface area (TPSA) is 96.6 Å². The molecule has 2 atom stereocenters. The second kappa shape index (κ2) is 5.15. The highest BCUT2D eigenvalue weighted by Crippen LogP contribution is 2.51. The molecule has 2 aromatic rings. The minimum Gasteiger partial charge on any atom is -0.481 e.